The number of aromatic nitrogens is 2. The van der Waals surface area contributed by atoms with Crippen molar-refractivity contribution in [3.8, 4) is 5.69 Å². The lowest BCUT2D eigenvalue weighted by Crippen LogP contribution is -2.22. The smallest absolute Gasteiger partial charge is 0.0649 e. The molecule has 0 bridgehead atoms. The van der Waals surface area contributed by atoms with Crippen molar-refractivity contribution in [2.45, 2.75) is 45.6 Å². The number of benzene rings is 1. The molecule has 1 heterocycles. The SMILES string of the molecule is Cc1nn(-c2ccc(Br)cc2)c(C)c1C(C)CNC1CC1. The summed E-state index contributed by atoms with van der Waals surface area (Å²) < 4.78 is 3.15. The van der Waals surface area contributed by atoms with Crippen LogP contribution in [0.1, 0.15) is 42.6 Å². The van der Waals surface area contributed by atoms with E-state index in [2.05, 4.69) is 71.0 Å². The van der Waals surface area contributed by atoms with Crippen LogP contribution in [0, 0.1) is 13.8 Å². The van der Waals surface area contributed by atoms with Gasteiger partial charge in [-0.05, 0) is 56.9 Å². The standard InChI is InChI=1S/C17H22BrN3/c1-11(10-19-15-6-7-15)17-12(2)20-21(13(17)3)16-8-4-14(18)5-9-16/h4-5,8-9,11,15,19H,6-7,10H2,1-3H3. The third-order valence-corrected chi connectivity index (χ3v) is 4.73. The highest BCUT2D eigenvalue weighted by molar-refractivity contribution is 9.10. The molecule has 112 valence electrons. The molecule has 21 heavy (non-hydrogen) atoms. The fourth-order valence-corrected chi connectivity index (χ4v) is 3.20. The Morgan fingerprint density at radius 1 is 1.29 bits per heavy atom. The predicted molar refractivity (Wildman–Crippen MR) is 90.2 cm³/mol. The van der Waals surface area contributed by atoms with Gasteiger partial charge in [0, 0.05) is 28.3 Å². The summed E-state index contributed by atoms with van der Waals surface area (Å²) >= 11 is 3.48. The Hall–Kier alpha value is -1.13. The van der Waals surface area contributed by atoms with Crippen LogP contribution in [0.2, 0.25) is 0 Å². The highest BCUT2D eigenvalue weighted by atomic mass is 79.9. The molecule has 1 aliphatic carbocycles. The number of halogens is 1. The third kappa shape index (κ3) is 3.22. The Morgan fingerprint density at radius 2 is 1.95 bits per heavy atom. The highest BCUT2D eigenvalue weighted by Crippen LogP contribution is 2.27. The zero-order valence-corrected chi connectivity index (χ0v) is 14.4. The fraction of sp³-hybridized carbons (Fsp3) is 0.471. The molecule has 3 rings (SSSR count). The first-order valence-corrected chi connectivity index (χ1v) is 8.41. The number of rotatable bonds is 5. The molecule has 3 nitrogen and oxygen atoms in total. The Labute approximate surface area is 134 Å². The molecule has 0 radical (unpaired) electrons. The Kier molecular flexibility index (Phi) is 4.18. The minimum Gasteiger partial charge on any atom is -0.313 e. The molecular formula is C17H22BrN3. The van der Waals surface area contributed by atoms with Gasteiger partial charge in [-0.2, -0.15) is 5.10 Å². The van der Waals surface area contributed by atoms with Gasteiger partial charge in [-0.1, -0.05) is 22.9 Å². The molecule has 0 amide bonds. The quantitative estimate of drug-likeness (QED) is 0.881. The van der Waals surface area contributed by atoms with E-state index in [9.17, 15) is 0 Å². The van der Waals surface area contributed by atoms with Crippen LogP contribution in [0.3, 0.4) is 0 Å². The molecular weight excluding hydrogens is 326 g/mol. The van der Waals surface area contributed by atoms with Crippen LogP contribution in [0.25, 0.3) is 5.69 Å². The van der Waals surface area contributed by atoms with E-state index >= 15 is 0 Å². The van der Waals surface area contributed by atoms with Crippen LogP contribution in [0.4, 0.5) is 0 Å². The topological polar surface area (TPSA) is 29.9 Å². The lowest BCUT2D eigenvalue weighted by atomic mass is 9.99. The molecule has 0 saturated heterocycles. The van der Waals surface area contributed by atoms with Gasteiger partial charge in [-0.15, -0.1) is 0 Å². The first-order valence-electron chi connectivity index (χ1n) is 7.61. The van der Waals surface area contributed by atoms with Gasteiger partial charge in [0.2, 0.25) is 0 Å². The molecule has 1 aliphatic rings. The normalized spacial score (nSPS) is 16.2. The molecule has 1 fully saturated rings. The van der Waals surface area contributed by atoms with E-state index in [4.69, 9.17) is 5.10 Å². The summed E-state index contributed by atoms with van der Waals surface area (Å²) in [7, 11) is 0. The monoisotopic (exact) mass is 347 g/mol. The fourth-order valence-electron chi connectivity index (χ4n) is 2.93. The number of nitrogens with one attached hydrogen (secondary N) is 1. The lowest BCUT2D eigenvalue weighted by Gasteiger charge is -2.13. The summed E-state index contributed by atoms with van der Waals surface area (Å²) in [6.07, 6.45) is 2.67. The van der Waals surface area contributed by atoms with Gasteiger partial charge in [0.25, 0.3) is 0 Å². The summed E-state index contributed by atoms with van der Waals surface area (Å²) in [4.78, 5) is 0. The van der Waals surface area contributed by atoms with Crippen LogP contribution in [-0.4, -0.2) is 22.4 Å². The van der Waals surface area contributed by atoms with Crippen LogP contribution >= 0.6 is 15.9 Å². The summed E-state index contributed by atoms with van der Waals surface area (Å²) in [6.45, 7) is 7.62. The Balaban J connectivity index is 1.86. The average Bonchev–Trinajstić information content (AvgIpc) is 3.23. The minimum absolute atomic E-state index is 0.495. The molecule has 1 atom stereocenters. The maximum absolute atomic E-state index is 4.75. The molecule has 1 aromatic heterocycles. The molecule has 4 heteroatoms. The molecule has 2 aromatic rings. The first-order chi connectivity index (χ1) is 10.1. The van der Waals surface area contributed by atoms with Gasteiger partial charge in [0.1, 0.15) is 0 Å². The minimum atomic E-state index is 0.495. The first kappa shape index (κ1) is 14.8. The number of hydrogen-bond donors (Lipinski definition) is 1. The second-order valence-electron chi connectivity index (χ2n) is 6.06. The van der Waals surface area contributed by atoms with E-state index in [0.29, 0.717) is 5.92 Å². The van der Waals surface area contributed by atoms with Crippen molar-refractivity contribution in [1.82, 2.24) is 15.1 Å². The Bertz CT molecular complexity index is 626. The van der Waals surface area contributed by atoms with Gasteiger partial charge in [0.05, 0.1) is 11.4 Å². The van der Waals surface area contributed by atoms with Gasteiger partial charge in [-0.3, -0.25) is 0 Å². The van der Waals surface area contributed by atoms with E-state index < -0.39 is 0 Å². The van der Waals surface area contributed by atoms with E-state index in [0.717, 1.165) is 28.4 Å². The summed E-state index contributed by atoms with van der Waals surface area (Å²) in [5, 5.41) is 8.37. The summed E-state index contributed by atoms with van der Waals surface area (Å²) in [5.74, 6) is 0.495. The van der Waals surface area contributed by atoms with Gasteiger partial charge in [0.15, 0.2) is 0 Å². The van der Waals surface area contributed by atoms with Crippen molar-refractivity contribution >= 4 is 15.9 Å². The van der Waals surface area contributed by atoms with Crippen molar-refractivity contribution in [2.24, 2.45) is 0 Å². The van der Waals surface area contributed by atoms with Gasteiger partial charge in [-0.25, -0.2) is 4.68 Å². The number of nitrogens with zero attached hydrogens (tertiary/aromatic N) is 2. The molecule has 1 unspecified atom stereocenters. The summed E-state index contributed by atoms with van der Waals surface area (Å²) in [6, 6.07) is 9.07. The predicted octanol–water partition coefficient (Wildman–Crippen LogP) is 4.11. The number of aryl methyl sites for hydroxylation is 1. The second-order valence-corrected chi connectivity index (χ2v) is 6.97. The van der Waals surface area contributed by atoms with Crippen molar-refractivity contribution in [2.75, 3.05) is 6.54 Å². The van der Waals surface area contributed by atoms with Gasteiger partial charge >= 0.3 is 0 Å². The lowest BCUT2D eigenvalue weighted by molar-refractivity contribution is 0.608. The molecule has 0 aliphatic heterocycles. The van der Waals surface area contributed by atoms with Crippen molar-refractivity contribution in [1.29, 1.82) is 0 Å². The van der Waals surface area contributed by atoms with Crippen molar-refractivity contribution < 1.29 is 0 Å². The molecule has 1 aromatic carbocycles. The van der Waals surface area contributed by atoms with Crippen molar-refractivity contribution in [3.63, 3.8) is 0 Å². The van der Waals surface area contributed by atoms with E-state index in [1.165, 1.54) is 24.1 Å². The van der Waals surface area contributed by atoms with Gasteiger partial charge < -0.3 is 5.32 Å². The average molecular weight is 348 g/mol. The van der Waals surface area contributed by atoms with Crippen LogP contribution < -0.4 is 5.32 Å². The van der Waals surface area contributed by atoms with Crippen molar-refractivity contribution in [3.05, 3.63) is 45.7 Å². The van der Waals surface area contributed by atoms with E-state index in [1.54, 1.807) is 0 Å². The molecule has 1 saturated carbocycles. The maximum atomic E-state index is 4.75. The highest BCUT2D eigenvalue weighted by Gasteiger charge is 2.23. The van der Waals surface area contributed by atoms with Crippen LogP contribution in [0.15, 0.2) is 28.7 Å². The van der Waals surface area contributed by atoms with E-state index in [-0.39, 0.29) is 0 Å². The molecule has 1 N–H and O–H groups in total. The zero-order valence-electron chi connectivity index (χ0n) is 12.9. The van der Waals surface area contributed by atoms with Crippen LogP contribution in [0.5, 0.6) is 0 Å². The largest absolute Gasteiger partial charge is 0.313 e. The number of hydrogen-bond acceptors (Lipinski definition) is 2. The zero-order chi connectivity index (χ0) is 15.0. The van der Waals surface area contributed by atoms with E-state index in [1.807, 2.05) is 0 Å². The molecule has 0 spiro atoms. The second kappa shape index (κ2) is 5.93. The third-order valence-electron chi connectivity index (χ3n) is 4.20. The maximum Gasteiger partial charge on any atom is 0.0649 e. The van der Waals surface area contributed by atoms with Crippen LogP contribution in [-0.2, 0) is 0 Å². The summed E-state index contributed by atoms with van der Waals surface area (Å²) in [5.41, 5.74) is 4.89. The Morgan fingerprint density at radius 3 is 2.57 bits per heavy atom.